The van der Waals surface area contributed by atoms with Crippen LogP contribution in [-0.2, 0) is 27.7 Å². The van der Waals surface area contributed by atoms with E-state index in [0.29, 0.717) is 37.4 Å². The van der Waals surface area contributed by atoms with Gasteiger partial charge in [0.1, 0.15) is 0 Å². The summed E-state index contributed by atoms with van der Waals surface area (Å²) in [4.78, 5) is 12.6. The molecule has 0 unspecified atom stereocenters. The van der Waals surface area contributed by atoms with E-state index >= 15 is 0 Å². The number of benzene rings is 1. The molecule has 6 nitrogen and oxygen atoms in total. The number of nitrogens with two attached hydrogens (primary N) is 1. The first-order valence-electron chi connectivity index (χ1n) is 9.04. The number of piperidine rings is 1. The van der Waals surface area contributed by atoms with Crippen LogP contribution in [0, 0.1) is 5.92 Å². The third-order valence-corrected chi connectivity index (χ3v) is 7.17. The summed E-state index contributed by atoms with van der Waals surface area (Å²) in [6, 6.07) is 5.45. The van der Waals surface area contributed by atoms with Gasteiger partial charge in [0.15, 0.2) is 0 Å². The van der Waals surface area contributed by atoms with E-state index in [1.165, 1.54) is 9.87 Å². The van der Waals surface area contributed by atoms with Crippen molar-refractivity contribution < 1.29 is 13.2 Å². The van der Waals surface area contributed by atoms with Crippen LogP contribution in [0.5, 0.6) is 0 Å². The molecule has 1 heterocycles. The van der Waals surface area contributed by atoms with Crippen LogP contribution in [-0.4, -0.2) is 44.3 Å². The number of amides is 1. The Morgan fingerprint density at radius 3 is 2.58 bits per heavy atom. The SMILES string of the molecule is C[C@@H](CN)NC(=O)C1CCN(S(=O)(=O)c2ccc3c(c2)CCC3)CC1.Cl. The molecule has 0 radical (unpaired) electrons. The van der Waals surface area contributed by atoms with Crippen LogP contribution in [0.1, 0.15) is 37.3 Å². The molecule has 26 heavy (non-hydrogen) atoms. The van der Waals surface area contributed by atoms with Crippen LogP contribution in [0.3, 0.4) is 0 Å². The minimum absolute atomic E-state index is 0. The maximum Gasteiger partial charge on any atom is 0.243 e. The van der Waals surface area contributed by atoms with Gasteiger partial charge < -0.3 is 11.1 Å². The van der Waals surface area contributed by atoms with E-state index in [0.717, 1.165) is 24.8 Å². The van der Waals surface area contributed by atoms with Crippen molar-refractivity contribution in [2.24, 2.45) is 11.7 Å². The quantitative estimate of drug-likeness (QED) is 0.781. The Morgan fingerprint density at radius 2 is 1.92 bits per heavy atom. The highest BCUT2D eigenvalue weighted by atomic mass is 35.5. The Balaban J connectivity index is 0.00000243. The number of nitrogens with zero attached hydrogens (tertiary/aromatic N) is 1. The summed E-state index contributed by atoms with van der Waals surface area (Å²) in [7, 11) is -3.48. The zero-order valence-corrected chi connectivity index (χ0v) is 16.7. The smallest absolute Gasteiger partial charge is 0.243 e. The Morgan fingerprint density at radius 1 is 1.27 bits per heavy atom. The highest BCUT2D eigenvalue weighted by Crippen LogP contribution is 2.28. The predicted molar refractivity (Wildman–Crippen MR) is 104 cm³/mol. The highest BCUT2D eigenvalue weighted by Gasteiger charge is 2.32. The van der Waals surface area contributed by atoms with Crippen LogP contribution in [0.15, 0.2) is 23.1 Å². The number of rotatable bonds is 5. The minimum atomic E-state index is -3.48. The van der Waals surface area contributed by atoms with Crippen molar-refractivity contribution in [3.05, 3.63) is 29.3 Å². The molecule has 1 aromatic carbocycles. The predicted octanol–water partition coefficient (Wildman–Crippen LogP) is 1.46. The van der Waals surface area contributed by atoms with Crippen LogP contribution in [0.2, 0.25) is 0 Å². The molecule has 0 saturated carbocycles. The molecule has 1 aromatic rings. The molecule has 1 amide bonds. The molecule has 1 saturated heterocycles. The molecule has 0 spiro atoms. The van der Waals surface area contributed by atoms with E-state index in [2.05, 4.69) is 5.32 Å². The standard InChI is InChI=1S/C18H27N3O3S.ClH/c1-13(12-19)20-18(22)15-7-9-21(10-8-15)25(23,24)17-6-5-14-3-2-4-16(14)11-17;/h5-6,11,13,15H,2-4,7-10,12,19H2,1H3,(H,20,22);1H/t13-;/m0./s1. The van der Waals surface area contributed by atoms with Crippen molar-refractivity contribution >= 4 is 28.3 Å². The number of hydrogen-bond donors (Lipinski definition) is 2. The number of halogens is 1. The second-order valence-electron chi connectivity index (χ2n) is 7.11. The first kappa shape index (κ1) is 21.2. The van der Waals surface area contributed by atoms with Gasteiger partial charge in [0.05, 0.1) is 4.90 Å². The molecule has 1 aliphatic carbocycles. The Hall–Kier alpha value is -1.15. The maximum absolute atomic E-state index is 12.9. The Kier molecular flexibility index (Phi) is 7.07. The number of fused-ring (bicyclic) bond motifs is 1. The van der Waals surface area contributed by atoms with Gasteiger partial charge in [0, 0.05) is 31.6 Å². The third kappa shape index (κ3) is 4.39. The molecular formula is C18H28ClN3O3S. The van der Waals surface area contributed by atoms with Gasteiger partial charge in [0.2, 0.25) is 15.9 Å². The van der Waals surface area contributed by atoms with Crippen molar-refractivity contribution in [2.45, 2.75) is 50.0 Å². The summed E-state index contributed by atoms with van der Waals surface area (Å²) in [5, 5.41) is 2.88. The lowest BCUT2D eigenvalue weighted by Crippen LogP contribution is -2.46. The van der Waals surface area contributed by atoms with E-state index in [4.69, 9.17) is 5.73 Å². The van der Waals surface area contributed by atoms with Gasteiger partial charge in [0.25, 0.3) is 0 Å². The second-order valence-corrected chi connectivity index (χ2v) is 9.05. The molecule has 3 N–H and O–H groups in total. The lowest BCUT2D eigenvalue weighted by molar-refractivity contribution is -0.126. The average Bonchev–Trinajstić information content (AvgIpc) is 3.09. The largest absolute Gasteiger partial charge is 0.352 e. The topological polar surface area (TPSA) is 92.5 Å². The number of carbonyl (C=O) groups is 1. The molecule has 0 bridgehead atoms. The van der Waals surface area contributed by atoms with Gasteiger partial charge in [-0.1, -0.05) is 6.07 Å². The normalized spacial score (nSPS) is 19.5. The van der Waals surface area contributed by atoms with Crippen LogP contribution < -0.4 is 11.1 Å². The monoisotopic (exact) mass is 401 g/mol. The van der Waals surface area contributed by atoms with Crippen molar-refractivity contribution in [1.82, 2.24) is 9.62 Å². The lowest BCUT2D eigenvalue weighted by atomic mass is 9.97. The highest BCUT2D eigenvalue weighted by molar-refractivity contribution is 7.89. The summed E-state index contributed by atoms with van der Waals surface area (Å²) in [5.41, 5.74) is 7.96. The molecule has 1 atom stereocenters. The Labute approximate surface area is 162 Å². The summed E-state index contributed by atoms with van der Waals surface area (Å²) in [5.74, 6) is -0.159. The fraction of sp³-hybridized carbons (Fsp3) is 0.611. The van der Waals surface area contributed by atoms with Crippen molar-refractivity contribution in [1.29, 1.82) is 0 Å². The third-order valence-electron chi connectivity index (χ3n) is 5.27. The number of carbonyl (C=O) groups excluding carboxylic acids is 1. The van der Waals surface area contributed by atoms with Gasteiger partial charge in [-0.05, 0) is 62.3 Å². The maximum atomic E-state index is 12.9. The fourth-order valence-corrected chi connectivity index (χ4v) is 5.16. The zero-order valence-electron chi connectivity index (χ0n) is 15.1. The van der Waals surface area contributed by atoms with Crippen molar-refractivity contribution in [3.63, 3.8) is 0 Å². The average molecular weight is 402 g/mol. The van der Waals surface area contributed by atoms with Gasteiger partial charge >= 0.3 is 0 Å². The van der Waals surface area contributed by atoms with E-state index in [1.807, 2.05) is 19.1 Å². The van der Waals surface area contributed by atoms with Gasteiger partial charge in [-0.25, -0.2) is 8.42 Å². The number of sulfonamides is 1. The first-order valence-corrected chi connectivity index (χ1v) is 10.5. The molecule has 146 valence electrons. The second kappa shape index (κ2) is 8.69. The van der Waals surface area contributed by atoms with E-state index in [1.54, 1.807) is 6.07 Å². The lowest BCUT2D eigenvalue weighted by Gasteiger charge is -2.31. The van der Waals surface area contributed by atoms with Gasteiger partial charge in [-0.15, -0.1) is 12.4 Å². The number of aryl methyl sites for hydroxylation is 2. The number of hydrogen-bond acceptors (Lipinski definition) is 4. The van der Waals surface area contributed by atoms with E-state index < -0.39 is 10.0 Å². The summed E-state index contributed by atoms with van der Waals surface area (Å²) < 4.78 is 27.3. The van der Waals surface area contributed by atoms with Gasteiger partial charge in [-0.3, -0.25) is 4.79 Å². The molecule has 1 aliphatic heterocycles. The first-order chi connectivity index (χ1) is 11.9. The van der Waals surface area contributed by atoms with Crippen molar-refractivity contribution in [2.75, 3.05) is 19.6 Å². The minimum Gasteiger partial charge on any atom is -0.352 e. The summed E-state index contributed by atoms with van der Waals surface area (Å²) >= 11 is 0. The van der Waals surface area contributed by atoms with E-state index in [-0.39, 0.29) is 30.3 Å². The van der Waals surface area contributed by atoms with Crippen LogP contribution in [0.25, 0.3) is 0 Å². The molecule has 2 aliphatic rings. The fourth-order valence-electron chi connectivity index (χ4n) is 3.64. The van der Waals surface area contributed by atoms with Crippen molar-refractivity contribution in [3.8, 4) is 0 Å². The van der Waals surface area contributed by atoms with Crippen LogP contribution >= 0.6 is 12.4 Å². The van der Waals surface area contributed by atoms with Crippen LogP contribution in [0.4, 0.5) is 0 Å². The molecule has 0 aromatic heterocycles. The molecule has 3 rings (SSSR count). The summed E-state index contributed by atoms with van der Waals surface area (Å²) in [6.45, 7) is 3.03. The molecule has 1 fully saturated rings. The molecular weight excluding hydrogens is 374 g/mol. The number of nitrogens with one attached hydrogen (secondary N) is 1. The molecule has 8 heteroatoms. The Bertz CT molecular complexity index is 746. The summed E-state index contributed by atoms with van der Waals surface area (Å²) in [6.07, 6.45) is 4.19. The van der Waals surface area contributed by atoms with E-state index in [9.17, 15) is 13.2 Å². The van der Waals surface area contributed by atoms with Gasteiger partial charge in [-0.2, -0.15) is 4.31 Å². The zero-order chi connectivity index (χ0) is 18.0.